The largest absolute Gasteiger partial charge is 0.445 e. The van der Waals surface area contributed by atoms with Gasteiger partial charge in [0.2, 0.25) is 0 Å². The molecule has 0 saturated carbocycles. The molecule has 0 spiro atoms. The maximum atomic E-state index is 11.8. The molecule has 0 fully saturated rings. The van der Waals surface area contributed by atoms with Gasteiger partial charge in [-0.2, -0.15) is 8.42 Å². The fourth-order valence-electron chi connectivity index (χ4n) is 1.90. The van der Waals surface area contributed by atoms with Crippen molar-refractivity contribution in [1.82, 2.24) is 5.32 Å². The Balaban J connectivity index is 1.95. The quantitative estimate of drug-likeness (QED) is 0.408. The lowest BCUT2D eigenvalue weighted by Gasteiger charge is -2.11. The van der Waals surface area contributed by atoms with Crippen molar-refractivity contribution in [3.63, 3.8) is 0 Å². The zero-order valence-corrected chi connectivity index (χ0v) is 15.8. The average molecular weight is 434 g/mol. The monoisotopic (exact) mass is 433 g/mol. The van der Waals surface area contributed by atoms with Crippen LogP contribution in [0.2, 0.25) is 10.0 Å². The van der Waals surface area contributed by atoms with E-state index >= 15 is 0 Å². The molecule has 27 heavy (non-hydrogen) atoms. The van der Waals surface area contributed by atoms with Crippen LogP contribution in [0.15, 0.2) is 47.4 Å². The molecule has 0 aliphatic heterocycles. The molecular formula is C16H13Cl2NO7S. The van der Waals surface area contributed by atoms with Crippen LogP contribution in [-0.2, 0) is 26.3 Å². The lowest BCUT2D eigenvalue weighted by Crippen LogP contribution is -2.32. The van der Waals surface area contributed by atoms with Crippen molar-refractivity contribution >= 4 is 45.4 Å². The Morgan fingerprint density at radius 1 is 1.11 bits per heavy atom. The molecule has 2 aromatic carbocycles. The van der Waals surface area contributed by atoms with Gasteiger partial charge in [0.05, 0.1) is 5.02 Å². The van der Waals surface area contributed by atoms with E-state index in [-0.39, 0.29) is 16.7 Å². The Morgan fingerprint density at radius 3 is 2.41 bits per heavy atom. The number of rotatable bonds is 6. The molecule has 0 atom stereocenters. The molecule has 0 heterocycles. The highest BCUT2D eigenvalue weighted by atomic mass is 35.5. The van der Waals surface area contributed by atoms with Crippen LogP contribution in [0, 0.1) is 0 Å². The third-order valence-electron chi connectivity index (χ3n) is 3.06. The molecule has 11 heteroatoms. The lowest BCUT2D eigenvalue weighted by molar-refractivity contribution is -0.133. The topological polar surface area (TPSA) is 119 Å². The van der Waals surface area contributed by atoms with Crippen molar-refractivity contribution in [3.8, 4) is 5.75 Å². The molecule has 0 aliphatic carbocycles. The number of hydrogen-bond acceptors (Lipinski definition) is 6. The summed E-state index contributed by atoms with van der Waals surface area (Å²) in [5, 5.41) is 1.75. The number of nitrogens with one attached hydrogen (secondary N) is 1. The molecule has 0 radical (unpaired) electrons. The first kappa shape index (κ1) is 21.0. The van der Waals surface area contributed by atoms with Gasteiger partial charge < -0.3 is 14.8 Å². The summed E-state index contributed by atoms with van der Waals surface area (Å²) in [4.78, 5) is 22.7. The first-order valence-corrected chi connectivity index (χ1v) is 9.48. The molecule has 0 aliphatic rings. The average Bonchev–Trinajstić information content (AvgIpc) is 2.60. The van der Waals surface area contributed by atoms with E-state index in [4.69, 9.17) is 32.7 Å². The summed E-state index contributed by atoms with van der Waals surface area (Å²) in [6, 6.07) is 10.9. The normalized spacial score (nSPS) is 10.9. The second-order valence-corrected chi connectivity index (χ2v) is 7.31. The highest BCUT2D eigenvalue weighted by molar-refractivity contribution is 7.86. The second kappa shape index (κ2) is 9.05. The Bertz CT molecular complexity index is 949. The SMILES string of the molecule is O=C(CNC(=O)OCc1ccccc1)Oc1c(Cl)cc(Cl)cc1S(=O)(=O)O. The van der Waals surface area contributed by atoms with Gasteiger partial charge in [0.25, 0.3) is 10.1 Å². The number of alkyl carbamates (subject to hydrolysis) is 1. The van der Waals surface area contributed by atoms with Gasteiger partial charge in [-0.1, -0.05) is 53.5 Å². The number of ether oxygens (including phenoxy) is 2. The fraction of sp³-hybridized carbons (Fsp3) is 0.125. The van der Waals surface area contributed by atoms with Crippen molar-refractivity contribution in [2.45, 2.75) is 11.5 Å². The standard InChI is InChI=1S/C16H13Cl2NO7S/c17-11-6-12(18)15(13(7-11)27(22,23)24)26-14(20)8-19-16(21)25-9-10-4-2-1-3-5-10/h1-7H,8-9H2,(H,19,21)(H,22,23,24). The van der Waals surface area contributed by atoms with Gasteiger partial charge in [-0.05, 0) is 17.7 Å². The minimum atomic E-state index is -4.75. The minimum Gasteiger partial charge on any atom is -0.445 e. The highest BCUT2D eigenvalue weighted by Gasteiger charge is 2.23. The van der Waals surface area contributed by atoms with Crippen molar-refractivity contribution in [3.05, 3.63) is 58.1 Å². The van der Waals surface area contributed by atoms with Crippen molar-refractivity contribution in [2.24, 2.45) is 0 Å². The van der Waals surface area contributed by atoms with Crippen LogP contribution in [0.5, 0.6) is 5.75 Å². The summed E-state index contributed by atoms with van der Waals surface area (Å²) in [5.41, 5.74) is 0.751. The van der Waals surface area contributed by atoms with Crippen LogP contribution in [-0.4, -0.2) is 31.6 Å². The molecule has 0 unspecified atom stereocenters. The van der Waals surface area contributed by atoms with Crippen LogP contribution in [0.1, 0.15) is 5.56 Å². The zero-order chi connectivity index (χ0) is 20.0. The van der Waals surface area contributed by atoms with E-state index in [1.165, 1.54) is 0 Å². The third-order valence-corrected chi connectivity index (χ3v) is 4.42. The molecule has 1 amide bonds. The van der Waals surface area contributed by atoms with Crippen molar-refractivity contribution in [2.75, 3.05) is 6.54 Å². The van der Waals surface area contributed by atoms with E-state index in [0.717, 1.165) is 17.7 Å². The Kier molecular flexibility index (Phi) is 7.03. The molecule has 8 nitrogen and oxygen atoms in total. The Morgan fingerprint density at radius 2 is 1.78 bits per heavy atom. The van der Waals surface area contributed by atoms with Crippen LogP contribution in [0.3, 0.4) is 0 Å². The minimum absolute atomic E-state index is 0.00234. The molecule has 144 valence electrons. The maximum Gasteiger partial charge on any atom is 0.407 e. The van der Waals surface area contributed by atoms with E-state index in [1.54, 1.807) is 24.3 Å². The summed E-state index contributed by atoms with van der Waals surface area (Å²) in [7, 11) is -4.75. The highest BCUT2D eigenvalue weighted by Crippen LogP contribution is 2.35. The number of benzene rings is 2. The summed E-state index contributed by atoms with van der Waals surface area (Å²) < 4.78 is 41.7. The van der Waals surface area contributed by atoms with Crippen molar-refractivity contribution < 1.29 is 32.0 Å². The van der Waals surface area contributed by atoms with Gasteiger partial charge in [0, 0.05) is 5.02 Å². The summed E-state index contributed by atoms with van der Waals surface area (Å²) in [6.45, 7) is -0.630. The van der Waals surface area contributed by atoms with Gasteiger partial charge in [0.15, 0.2) is 5.75 Å². The summed E-state index contributed by atoms with van der Waals surface area (Å²) in [6.07, 6.45) is -0.881. The van der Waals surface area contributed by atoms with Crippen LogP contribution in [0.25, 0.3) is 0 Å². The van der Waals surface area contributed by atoms with Crippen LogP contribution >= 0.6 is 23.2 Å². The summed E-state index contributed by atoms with van der Waals surface area (Å²) >= 11 is 11.5. The molecule has 2 N–H and O–H groups in total. The molecular weight excluding hydrogens is 421 g/mol. The van der Waals surface area contributed by atoms with Gasteiger partial charge >= 0.3 is 12.1 Å². The Hall–Kier alpha value is -2.33. The van der Waals surface area contributed by atoms with E-state index in [2.05, 4.69) is 5.32 Å². The Labute approximate surface area is 164 Å². The van der Waals surface area contributed by atoms with Crippen molar-refractivity contribution in [1.29, 1.82) is 0 Å². The van der Waals surface area contributed by atoms with E-state index in [0.29, 0.717) is 0 Å². The first-order chi connectivity index (χ1) is 12.7. The number of esters is 1. The van der Waals surface area contributed by atoms with Crippen LogP contribution < -0.4 is 10.1 Å². The van der Waals surface area contributed by atoms with E-state index in [9.17, 15) is 22.6 Å². The second-order valence-electron chi connectivity index (χ2n) is 5.08. The smallest absolute Gasteiger partial charge is 0.407 e. The molecule has 2 aromatic rings. The molecule has 0 saturated heterocycles. The van der Waals surface area contributed by atoms with Gasteiger partial charge in [0.1, 0.15) is 18.0 Å². The van der Waals surface area contributed by atoms with Gasteiger partial charge in [-0.3, -0.25) is 4.55 Å². The predicted octanol–water partition coefficient (Wildman–Crippen LogP) is 3.07. The van der Waals surface area contributed by atoms with Crippen LogP contribution in [0.4, 0.5) is 4.79 Å². The number of carbonyl (C=O) groups excluding carboxylic acids is 2. The summed E-state index contributed by atoms with van der Waals surface area (Å²) in [5.74, 6) is -1.64. The van der Waals surface area contributed by atoms with Gasteiger partial charge in [-0.15, -0.1) is 0 Å². The predicted molar refractivity (Wildman–Crippen MR) is 96.5 cm³/mol. The molecule has 2 rings (SSSR count). The van der Waals surface area contributed by atoms with Gasteiger partial charge in [-0.25, -0.2) is 9.59 Å². The molecule has 0 aromatic heterocycles. The number of amides is 1. The lowest BCUT2D eigenvalue weighted by atomic mass is 10.2. The fourth-order valence-corrected chi connectivity index (χ4v) is 3.21. The molecule has 0 bridgehead atoms. The first-order valence-electron chi connectivity index (χ1n) is 7.28. The van der Waals surface area contributed by atoms with E-state index in [1.807, 2.05) is 6.07 Å². The number of halogens is 2. The third kappa shape index (κ3) is 6.40. The number of carbonyl (C=O) groups is 2. The number of hydrogen-bond donors (Lipinski definition) is 2. The van der Waals surface area contributed by atoms with E-state index < -0.39 is 39.4 Å². The maximum absolute atomic E-state index is 11.8. The zero-order valence-electron chi connectivity index (χ0n) is 13.5.